The highest BCUT2D eigenvalue weighted by Crippen LogP contribution is 2.35. The number of ether oxygens (including phenoxy) is 1. The van der Waals surface area contributed by atoms with Gasteiger partial charge in [0.1, 0.15) is 5.76 Å². The van der Waals surface area contributed by atoms with E-state index >= 15 is 0 Å². The van der Waals surface area contributed by atoms with Crippen LogP contribution in [0.4, 0.5) is 0 Å². The van der Waals surface area contributed by atoms with Crippen LogP contribution in [0.1, 0.15) is 66.9 Å². The number of aliphatic imine (C=N–C) groups is 1. The number of aliphatic hydroxyl groups is 1. The lowest BCUT2D eigenvalue weighted by molar-refractivity contribution is 0.00557. The van der Waals surface area contributed by atoms with Crippen molar-refractivity contribution in [3.63, 3.8) is 0 Å². The summed E-state index contributed by atoms with van der Waals surface area (Å²) >= 11 is 1.85. The summed E-state index contributed by atoms with van der Waals surface area (Å²) in [6, 6.07) is 8.62. The van der Waals surface area contributed by atoms with E-state index in [-0.39, 0.29) is 17.7 Å². The first kappa shape index (κ1) is 24.7. The monoisotopic (exact) mass is 498 g/mol. The van der Waals surface area contributed by atoms with Crippen molar-refractivity contribution in [1.29, 1.82) is 0 Å². The first-order valence-electron chi connectivity index (χ1n) is 13.1. The molecule has 35 heavy (non-hydrogen) atoms. The van der Waals surface area contributed by atoms with Crippen molar-refractivity contribution in [2.24, 2.45) is 4.99 Å². The summed E-state index contributed by atoms with van der Waals surface area (Å²) in [5, 5.41) is 14.4. The summed E-state index contributed by atoms with van der Waals surface area (Å²) in [4.78, 5) is 23.0. The molecule has 1 amide bonds. The molecular weight excluding hydrogens is 460 g/mol. The maximum Gasteiger partial charge on any atom is 0.252 e. The quantitative estimate of drug-likeness (QED) is 0.595. The molecule has 0 spiro atoms. The van der Waals surface area contributed by atoms with Crippen LogP contribution in [-0.4, -0.2) is 82.7 Å². The van der Waals surface area contributed by atoms with Gasteiger partial charge in [-0.3, -0.25) is 14.7 Å². The van der Waals surface area contributed by atoms with Crippen molar-refractivity contribution in [3.05, 3.63) is 47.7 Å². The smallest absolute Gasteiger partial charge is 0.252 e. The van der Waals surface area contributed by atoms with E-state index in [1.165, 1.54) is 12.8 Å². The van der Waals surface area contributed by atoms with Crippen LogP contribution in [0.15, 0.2) is 41.6 Å². The highest BCUT2D eigenvalue weighted by atomic mass is 32.2. The van der Waals surface area contributed by atoms with Crippen LogP contribution in [0.5, 0.6) is 0 Å². The van der Waals surface area contributed by atoms with E-state index in [2.05, 4.69) is 21.7 Å². The number of aliphatic hydroxyl groups excluding tert-OH is 1. The van der Waals surface area contributed by atoms with Crippen molar-refractivity contribution < 1.29 is 14.6 Å². The number of nitrogens with zero attached hydrogens (tertiary/aromatic N) is 3. The van der Waals surface area contributed by atoms with Gasteiger partial charge in [0.25, 0.3) is 5.91 Å². The van der Waals surface area contributed by atoms with Gasteiger partial charge in [0.05, 0.1) is 24.8 Å². The second kappa shape index (κ2) is 10.9. The highest BCUT2D eigenvalue weighted by Gasteiger charge is 2.37. The van der Waals surface area contributed by atoms with E-state index in [0.717, 1.165) is 88.0 Å². The Bertz CT molecular complexity index is 930. The molecule has 0 bridgehead atoms. The molecule has 3 heterocycles. The molecule has 0 aromatic heterocycles. The number of thioether (sulfide) groups is 1. The zero-order chi connectivity index (χ0) is 24.3. The first-order valence-corrected chi connectivity index (χ1v) is 14.1. The van der Waals surface area contributed by atoms with E-state index < -0.39 is 5.54 Å². The number of rotatable bonds is 5. The number of amides is 1. The lowest BCUT2D eigenvalue weighted by atomic mass is 9.80. The molecule has 190 valence electrons. The summed E-state index contributed by atoms with van der Waals surface area (Å²) < 4.78 is 5.50. The van der Waals surface area contributed by atoms with Crippen LogP contribution in [0.3, 0.4) is 0 Å². The standard InChI is InChI=1S/C27H38N4O3S/c1-20(32)27(11-3-2-4-12-27)29-25(33)22-7-5-21(6-8-22)24-19-35-26(28-24)31-13-9-23(10-14-31)30-15-17-34-18-16-30/h5-8,23-24,32H,1-4,9-19H2,(H,29,33). The van der Waals surface area contributed by atoms with Gasteiger partial charge in [0.15, 0.2) is 5.17 Å². The Morgan fingerprint density at radius 3 is 2.43 bits per heavy atom. The van der Waals surface area contributed by atoms with Crippen LogP contribution < -0.4 is 5.32 Å². The lowest BCUT2D eigenvalue weighted by Crippen LogP contribution is -2.51. The number of carbonyl (C=O) groups excluding carboxylic acids is 1. The average Bonchev–Trinajstić information content (AvgIpc) is 3.40. The van der Waals surface area contributed by atoms with E-state index in [4.69, 9.17) is 9.73 Å². The number of nitrogens with one attached hydrogen (secondary N) is 1. The van der Waals surface area contributed by atoms with Crippen molar-refractivity contribution in [2.75, 3.05) is 45.1 Å². The number of hydrogen-bond donors (Lipinski definition) is 2. The third-order valence-electron chi connectivity index (χ3n) is 8.10. The summed E-state index contributed by atoms with van der Waals surface area (Å²) in [7, 11) is 0. The van der Waals surface area contributed by atoms with Gasteiger partial charge in [-0.25, -0.2) is 0 Å². The number of hydrogen-bond acceptors (Lipinski definition) is 7. The minimum absolute atomic E-state index is 0.0704. The third kappa shape index (κ3) is 5.54. The molecule has 0 radical (unpaired) electrons. The van der Waals surface area contributed by atoms with E-state index in [0.29, 0.717) is 11.6 Å². The lowest BCUT2D eigenvalue weighted by Gasteiger charge is -2.40. The number of carbonyl (C=O) groups is 1. The van der Waals surface area contributed by atoms with E-state index in [1.807, 2.05) is 36.0 Å². The van der Waals surface area contributed by atoms with Crippen LogP contribution in [0.2, 0.25) is 0 Å². The minimum atomic E-state index is -0.690. The van der Waals surface area contributed by atoms with Gasteiger partial charge < -0.3 is 20.1 Å². The van der Waals surface area contributed by atoms with E-state index in [9.17, 15) is 9.90 Å². The Balaban J connectivity index is 1.17. The van der Waals surface area contributed by atoms with Crippen molar-refractivity contribution >= 4 is 22.8 Å². The number of likely N-dealkylation sites (tertiary alicyclic amines) is 1. The second-order valence-electron chi connectivity index (χ2n) is 10.3. The predicted octanol–water partition coefficient (Wildman–Crippen LogP) is 4.13. The Morgan fingerprint density at radius 1 is 1.09 bits per heavy atom. The fourth-order valence-corrected chi connectivity index (χ4v) is 7.00. The van der Waals surface area contributed by atoms with Gasteiger partial charge in [-0.1, -0.05) is 49.7 Å². The zero-order valence-corrected chi connectivity index (χ0v) is 21.4. The summed E-state index contributed by atoms with van der Waals surface area (Å²) in [5.41, 5.74) is 1.07. The van der Waals surface area contributed by atoms with Gasteiger partial charge >= 0.3 is 0 Å². The fourth-order valence-electron chi connectivity index (χ4n) is 5.86. The molecule has 3 aliphatic heterocycles. The zero-order valence-electron chi connectivity index (χ0n) is 20.6. The van der Waals surface area contributed by atoms with Gasteiger partial charge in [-0.2, -0.15) is 0 Å². The summed E-state index contributed by atoms with van der Waals surface area (Å²) in [6.45, 7) is 9.73. The third-order valence-corrected chi connectivity index (χ3v) is 9.21. The fraction of sp³-hybridized carbons (Fsp3) is 0.630. The molecule has 1 unspecified atom stereocenters. The second-order valence-corrected chi connectivity index (χ2v) is 11.3. The topological polar surface area (TPSA) is 77.4 Å². The van der Waals surface area contributed by atoms with Crippen LogP contribution in [-0.2, 0) is 4.74 Å². The van der Waals surface area contributed by atoms with Gasteiger partial charge in [0.2, 0.25) is 0 Å². The molecule has 2 N–H and O–H groups in total. The predicted molar refractivity (Wildman–Crippen MR) is 141 cm³/mol. The van der Waals surface area contributed by atoms with Gasteiger partial charge in [-0.15, -0.1) is 0 Å². The van der Waals surface area contributed by atoms with Crippen molar-refractivity contribution in [3.8, 4) is 0 Å². The molecule has 8 heteroatoms. The molecule has 1 aromatic carbocycles. The van der Waals surface area contributed by atoms with Crippen LogP contribution in [0, 0.1) is 0 Å². The molecule has 7 nitrogen and oxygen atoms in total. The molecule has 1 aromatic rings. The van der Waals surface area contributed by atoms with E-state index in [1.54, 1.807) is 0 Å². The number of amidine groups is 1. The molecular formula is C27H38N4O3S. The van der Waals surface area contributed by atoms with Crippen LogP contribution in [0.25, 0.3) is 0 Å². The van der Waals surface area contributed by atoms with Gasteiger partial charge in [0, 0.05) is 43.5 Å². The van der Waals surface area contributed by atoms with Crippen LogP contribution >= 0.6 is 11.8 Å². The largest absolute Gasteiger partial charge is 0.510 e. The highest BCUT2D eigenvalue weighted by molar-refractivity contribution is 8.14. The Kier molecular flexibility index (Phi) is 7.70. The Labute approximate surface area is 213 Å². The molecule has 3 fully saturated rings. The molecule has 5 rings (SSSR count). The van der Waals surface area contributed by atoms with Crippen molar-refractivity contribution in [2.45, 2.75) is 62.6 Å². The Hall–Kier alpha value is -2.03. The molecule has 1 atom stereocenters. The first-order chi connectivity index (χ1) is 17.0. The summed E-state index contributed by atoms with van der Waals surface area (Å²) in [6.07, 6.45) is 6.98. The Morgan fingerprint density at radius 2 is 1.77 bits per heavy atom. The molecule has 2 saturated heterocycles. The number of morpholine rings is 1. The normalized spacial score (nSPS) is 25.8. The summed E-state index contributed by atoms with van der Waals surface area (Å²) in [5.74, 6) is 0.861. The minimum Gasteiger partial charge on any atom is -0.510 e. The van der Waals surface area contributed by atoms with Gasteiger partial charge in [-0.05, 0) is 43.4 Å². The maximum atomic E-state index is 12.9. The SMILES string of the molecule is C=C(O)C1(NC(=O)c2ccc(C3CSC(N4CCC(N5CCOCC5)CC4)=N3)cc2)CCCCC1. The maximum absolute atomic E-state index is 12.9. The number of benzene rings is 1. The molecule has 4 aliphatic rings. The van der Waals surface area contributed by atoms with Crippen molar-refractivity contribution in [1.82, 2.24) is 15.1 Å². The average molecular weight is 499 g/mol. The molecule has 1 aliphatic carbocycles. The molecule has 1 saturated carbocycles. The number of piperidine rings is 1.